The number of carboxylic acids is 1. The summed E-state index contributed by atoms with van der Waals surface area (Å²) in [5, 5.41) is 8.65. The van der Waals surface area contributed by atoms with E-state index in [-0.39, 0.29) is 19.0 Å². The van der Waals surface area contributed by atoms with Gasteiger partial charge < -0.3 is 19.6 Å². The summed E-state index contributed by atoms with van der Waals surface area (Å²) in [5.74, 6) is -0.475. The molecule has 18 heavy (non-hydrogen) atoms. The van der Waals surface area contributed by atoms with E-state index in [0.29, 0.717) is 25.6 Å². The second kappa shape index (κ2) is 7.20. The van der Waals surface area contributed by atoms with Gasteiger partial charge in [0, 0.05) is 39.2 Å². The number of carbonyl (C=O) groups excluding carboxylic acids is 1. The molecule has 0 radical (unpaired) electrons. The van der Waals surface area contributed by atoms with Gasteiger partial charge in [0.25, 0.3) is 0 Å². The Morgan fingerprint density at radius 2 is 2.22 bits per heavy atom. The van der Waals surface area contributed by atoms with Crippen molar-refractivity contribution in [2.45, 2.75) is 19.8 Å². The molecule has 0 aromatic carbocycles. The highest BCUT2D eigenvalue weighted by atomic mass is 16.5. The van der Waals surface area contributed by atoms with Crippen molar-refractivity contribution in [1.29, 1.82) is 0 Å². The van der Waals surface area contributed by atoms with Crippen LogP contribution >= 0.6 is 0 Å². The number of urea groups is 1. The highest BCUT2D eigenvalue weighted by molar-refractivity contribution is 5.75. The quantitative estimate of drug-likeness (QED) is 0.767. The molecule has 1 rings (SSSR count). The Morgan fingerprint density at radius 3 is 2.78 bits per heavy atom. The first-order valence-corrected chi connectivity index (χ1v) is 6.33. The van der Waals surface area contributed by atoms with Gasteiger partial charge in [-0.1, -0.05) is 0 Å². The van der Waals surface area contributed by atoms with Gasteiger partial charge in [0.1, 0.15) is 0 Å². The average molecular weight is 258 g/mol. The minimum atomic E-state index is -0.875. The van der Waals surface area contributed by atoms with E-state index in [2.05, 4.69) is 0 Å². The van der Waals surface area contributed by atoms with E-state index in [1.54, 1.807) is 16.9 Å². The molecule has 1 N–H and O–H groups in total. The summed E-state index contributed by atoms with van der Waals surface area (Å²) in [7, 11) is 1.66. The molecule has 0 saturated carbocycles. The number of carbonyl (C=O) groups is 2. The maximum atomic E-state index is 12.2. The summed E-state index contributed by atoms with van der Waals surface area (Å²) in [6, 6.07) is -0.0580. The molecule has 6 heteroatoms. The zero-order valence-electron chi connectivity index (χ0n) is 11.1. The predicted molar refractivity (Wildman–Crippen MR) is 66.5 cm³/mol. The zero-order chi connectivity index (χ0) is 13.5. The lowest BCUT2D eigenvalue weighted by molar-refractivity contribution is -0.137. The summed E-state index contributed by atoms with van der Waals surface area (Å²) in [6.07, 6.45) is 0.949. The number of carboxylic acid groups (broad SMARTS) is 1. The largest absolute Gasteiger partial charge is 0.481 e. The van der Waals surface area contributed by atoms with Gasteiger partial charge in [0.15, 0.2) is 0 Å². The minimum absolute atomic E-state index is 0.00504. The first kappa shape index (κ1) is 14.8. The fraction of sp³-hybridized carbons (Fsp3) is 0.833. The number of rotatable bonds is 6. The third-order valence-corrected chi connectivity index (χ3v) is 3.21. The topological polar surface area (TPSA) is 70.1 Å². The lowest BCUT2D eigenvalue weighted by Gasteiger charge is -2.26. The molecule has 2 amide bonds. The summed E-state index contributed by atoms with van der Waals surface area (Å²) >= 11 is 0. The maximum Gasteiger partial charge on any atom is 0.320 e. The van der Waals surface area contributed by atoms with Crippen molar-refractivity contribution >= 4 is 12.0 Å². The molecule has 0 aromatic heterocycles. The first-order valence-electron chi connectivity index (χ1n) is 6.33. The number of ether oxygens (including phenoxy) is 1. The van der Waals surface area contributed by atoms with Crippen LogP contribution in [-0.2, 0) is 9.53 Å². The number of methoxy groups -OCH3 is 1. The van der Waals surface area contributed by atoms with Crippen LogP contribution < -0.4 is 0 Å². The fourth-order valence-corrected chi connectivity index (χ4v) is 2.20. The van der Waals surface area contributed by atoms with Crippen LogP contribution in [0.1, 0.15) is 19.8 Å². The van der Waals surface area contributed by atoms with Crippen molar-refractivity contribution in [1.82, 2.24) is 9.80 Å². The Bertz CT molecular complexity index is 296. The molecule has 1 unspecified atom stereocenters. The number of amides is 2. The van der Waals surface area contributed by atoms with Crippen molar-refractivity contribution in [2.75, 3.05) is 39.9 Å². The highest BCUT2D eigenvalue weighted by Gasteiger charge is 2.28. The smallest absolute Gasteiger partial charge is 0.320 e. The van der Waals surface area contributed by atoms with Crippen LogP contribution in [0.2, 0.25) is 0 Å². The Kier molecular flexibility index (Phi) is 5.91. The second-order valence-corrected chi connectivity index (χ2v) is 4.56. The molecule has 1 atom stereocenters. The van der Waals surface area contributed by atoms with Gasteiger partial charge in [-0.05, 0) is 13.3 Å². The van der Waals surface area contributed by atoms with Crippen LogP contribution in [0.15, 0.2) is 0 Å². The second-order valence-electron chi connectivity index (χ2n) is 4.56. The Labute approximate surface area is 107 Å². The average Bonchev–Trinajstić information content (AvgIpc) is 2.78. The third-order valence-electron chi connectivity index (χ3n) is 3.21. The van der Waals surface area contributed by atoms with Gasteiger partial charge in [-0.3, -0.25) is 4.79 Å². The van der Waals surface area contributed by atoms with E-state index in [1.165, 1.54) is 0 Å². The van der Waals surface area contributed by atoms with Gasteiger partial charge in [0.05, 0.1) is 13.0 Å². The van der Waals surface area contributed by atoms with Crippen molar-refractivity contribution in [3.63, 3.8) is 0 Å². The molecule has 0 bridgehead atoms. The Morgan fingerprint density at radius 1 is 1.50 bits per heavy atom. The van der Waals surface area contributed by atoms with E-state index in [1.807, 2.05) is 6.92 Å². The van der Waals surface area contributed by atoms with Crippen LogP contribution in [0.3, 0.4) is 0 Å². The van der Waals surface area contributed by atoms with E-state index in [4.69, 9.17) is 9.84 Å². The molecular weight excluding hydrogens is 236 g/mol. The SMILES string of the molecule is CCN(CCC(=O)O)C(=O)N1CCC(COC)C1. The van der Waals surface area contributed by atoms with Crippen molar-refractivity contribution in [2.24, 2.45) is 5.92 Å². The van der Waals surface area contributed by atoms with E-state index < -0.39 is 5.97 Å². The number of aliphatic carboxylic acids is 1. The van der Waals surface area contributed by atoms with Crippen LogP contribution in [0.4, 0.5) is 4.79 Å². The summed E-state index contributed by atoms with van der Waals surface area (Å²) in [5.41, 5.74) is 0. The first-order chi connectivity index (χ1) is 8.58. The molecule has 1 aliphatic heterocycles. The fourth-order valence-electron chi connectivity index (χ4n) is 2.20. The Hall–Kier alpha value is -1.30. The number of nitrogens with zero attached hydrogens (tertiary/aromatic N) is 2. The predicted octanol–water partition coefficient (Wildman–Crippen LogP) is 0.871. The molecular formula is C12H22N2O4. The Balaban J connectivity index is 2.44. The van der Waals surface area contributed by atoms with Crippen LogP contribution in [0.5, 0.6) is 0 Å². The van der Waals surface area contributed by atoms with Crippen molar-refractivity contribution in [3.8, 4) is 0 Å². The maximum absolute atomic E-state index is 12.2. The molecule has 6 nitrogen and oxygen atoms in total. The van der Waals surface area contributed by atoms with Gasteiger partial charge >= 0.3 is 12.0 Å². The minimum Gasteiger partial charge on any atom is -0.481 e. The molecule has 1 saturated heterocycles. The van der Waals surface area contributed by atoms with Gasteiger partial charge in [-0.15, -0.1) is 0 Å². The molecule has 0 aliphatic carbocycles. The van der Waals surface area contributed by atoms with Gasteiger partial charge in [0.2, 0.25) is 0 Å². The van der Waals surface area contributed by atoms with E-state index in [0.717, 1.165) is 13.0 Å². The molecule has 1 aliphatic rings. The van der Waals surface area contributed by atoms with E-state index in [9.17, 15) is 9.59 Å². The van der Waals surface area contributed by atoms with Crippen molar-refractivity contribution < 1.29 is 19.4 Å². The highest BCUT2D eigenvalue weighted by Crippen LogP contribution is 2.18. The number of likely N-dealkylation sites (tertiary alicyclic amines) is 1. The van der Waals surface area contributed by atoms with Crippen LogP contribution in [0.25, 0.3) is 0 Å². The third kappa shape index (κ3) is 4.18. The lowest BCUT2D eigenvalue weighted by Crippen LogP contribution is -2.43. The lowest BCUT2D eigenvalue weighted by atomic mass is 10.1. The number of hydrogen-bond donors (Lipinski definition) is 1. The molecule has 1 fully saturated rings. The molecule has 104 valence electrons. The summed E-state index contributed by atoms with van der Waals surface area (Å²) < 4.78 is 5.09. The van der Waals surface area contributed by atoms with Gasteiger partial charge in [-0.2, -0.15) is 0 Å². The van der Waals surface area contributed by atoms with Gasteiger partial charge in [-0.25, -0.2) is 4.79 Å². The van der Waals surface area contributed by atoms with Crippen LogP contribution in [0, 0.1) is 5.92 Å². The van der Waals surface area contributed by atoms with Crippen LogP contribution in [-0.4, -0.2) is 66.8 Å². The summed E-state index contributed by atoms with van der Waals surface area (Å²) in [4.78, 5) is 26.1. The zero-order valence-corrected chi connectivity index (χ0v) is 11.1. The van der Waals surface area contributed by atoms with E-state index >= 15 is 0 Å². The normalized spacial score (nSPS) is 19.0. The monoisotopic (exact) mass is 258 g/mol. The standard InChI is InChI=1S/C12H22N2O4/c1-3-13(7-5-11(15)16)12(17)14-6-4-10(8-14)9-18-2/h10H,3-9H2,1-2H3,(H,15,16). The molecule has 0 aromatic rings. The molecule has 0 spiro atoms. The molecule has 1 heterocycles. The number of hydrogen-bond acceptors (Lipinski definition) is 3. The van der Waals surface area contributed by atoms with Crippen molar-refractivity contribution in [3.05, 3.63) is 0 Å². The summed E-state index contributed by atoms with van der Waals surface area (Å²) in [6.45, 7) is 4.79.